The minimum absolute atomic E-state index is 0.234. The van der Waals surface area contributed by atoms with Crippen molar-refractivity contribution < 1.29 is 9.84 Å². The second-order valence-corrected chi connectivity index (χ2v) is 5.74. The first-order valence-electron chi connectivity index (χ1n) is 6.19. The number of aliphatic hydroxyl groups is 1. The summed E-state index contributed by atoms with van der Waals surface area (Å²) in [4.78, 5) is 0. The lowest BCUT2D eigenvalue weighted by molar-refractivity contribution is 0.0919. The summed E-state index contributed by atoms with van der Waals surface area (Å²) >= 11 is 3.47. The molecule has 1 saturated heterocycles. The van der Waals surface area contributed by atoms with E-state index in [0.717, 1.165) is 28.5 Å². The first-order chi connectivity index (χ1) is 8.74. The number of benzene rings is 2. The maximum Gasteiger partial charge on any atom is 0.0841 e. The fourth-order valence-corrected chi connectivity index (χ4v) is 2.87. The van der Waals surface area contributed by atoms with Gasteiger partial charge in [0.25, 0.3) is 0 Å². The molecule has 2 atom stereocenters. The summed E-state index contributed by atoms with van der Waals surface area (Å²) in [6.07, 6.45) is 0.528. The minimum atomic E-state index is -0.416. The van der Waals surface area contributed by atoms with Crippen LogP contribution in [0.2, 0.25) is 0 Å². The van der Waals surface area contributed by atoms with Gasteiger partial charge in [0.05, 0.1) is 12.7 Å². The standard InChI is InChI=1S/C15H15BrO2/c16-14-4-3-10-7-12(2-1-11(10)8-14)15(17)13-5-6-18-9-13/h1-4,7-8,13,15,17H,5-6,9H2. The van der Waals surface area contributed by atoms with Gasteiger partial charge in [0.1, 0.15) is 0 Å². The second kappa shape index (κ2) is 5.00. The highest BCUT2D eigenvalue weighted by molar-refractivity contribution is 9.10. The Morgan fingerprint density at radius 3 is 2.72 bits per heavy atom. The van der Waals surface area contributed by atoms with Crippen LogP contribution in [0.15, 0.2) is 40.9 Å². The van der Waals surface area contributed by atoms with Crippen molar-refractivity contribution in [3.8, 4) is 0 Å². The average Bonchev–Trinajstić information content (AvgIpc) is 2.91. The lowest BCUT2D eigenvalue weighted by Gasteiger charge is -2.17. The summed E-state index contributed by atoms with van der Waals surface area (Å²) in [6, 6.07) is 12.3. The van der Waals surface area contributed by atoms with Crippen molar-refractivity contribution in [1.82, 2.24) is 0 Å². The number of hydrogen-bond donors (Lipinski definition) is 1. The summed E-state index contributed by atoms with van der Waals surface area (Å²) < 4.78 is 6.41. The van der Waals surface area contributed by atoms with E-state index in [1.807, 2.05) is 12.1 Å². The number of ether oxygens (including phenoxy) is 1. The molecule has 1 N–H and O–H groups in total. The number of halogens is 1. The molecule has 1 heterocycles. The van der Waals surface area contributed by atoms with E-state index in [9.17, 15) is 5.11 Å². The molecule has 3 heteroatoms. The number of aliphatic hydroxyl groups excluding tert-OH is 1. The van der Waals surface area contributed by atoms with Gasteiger partial charge in [-0.25, -0.2) is 0 Å². The molecule has 1 fully saturated rings. The van der Waals surface area contributed by atoms with Crippen molar-refractivity contribution in [3.63, 3.8) is 0 Å². The Morgan fingerprint density at radius 2 is 1.94 bits per heavy atom. The van der Waals surface area contributed by atoms with Crippen LogP contribution in [-0.2, 0) is 4.74 Å². The van der Waals surface area contributed by atoms with Crippen molar-refractivity contribution in [3.05, 3.63) is 46.4 Å². The fraction of sp³-hybridized carbons (Fsp3) is 0.333. The topological polar surface area (TPSA) is 29.5 Å². The van der Waals surface area contributed by atoms with E-state index in [2.05, 4.69) is 40.2 Å². The van der Waals surface area contributed by atoms with Crippen LogP contribution in [-0.4, -0.2) is 18.3 Å². The number of fused-ring (bicyclic) bond motifs is 1. The van der Waals surface area contributed by atoms with Crippen molar-refractivity contribution in [2.75, 3.05) is 13.2 Å². The molecule has 18 heavy (non-hydrogen) atoms. The molecule has 0 radical (unpaired) electrons. The predicted octanol–water partition coefficient (Wildman–Crippen LogP) is 3.67. The predicted molar refractivity (Wildman–Crippen MR) is 75.5 cm³/mol. The molecule has 1 aliphatic heterocycles. The first-order valence-corrected chi connectivity index (χ1v) is 6.98. The molecule has 0 spiro atoms. The second-order valence-electron chi connectivity index (χ2n) is 4.82. The van der Waals surface area contributed by atoms with Gasteiger partial charge >= 0.3 is 0 Å². The van der Waals surface area contributed by atoms with E-state index in [1.165, 1.54) is 5.39 Å². The number of rotatable bonds is 2. The molecule has 2 unspecified atom stereocenters. The fourth-order valence-electron chi connectivity index (χ4n) is 2.49. The Morgan fingerprint density at radius 1 is 1.17 bits per heavy atom. The van der Waals surface area contributed by atoms with E-state index in [4.69, 9.17) is 4.74 Å². The van der Waals surface area contributed by atoms with Crippen molar-refractivity contribution >= 4 is 26.7 Å². The Hall–Kier alpha value is -0.900. The SMILES string of the molecule is OC(c1ccc2cc(Br)ccc2c1)C1CCOC1. The van der Waals surface area contributed by atoms with E-state index in [1.54, 1.807) is 0 Å². The van der Waals surface area contributed by atoms with Crippen LogP contribution >= 0.6 is 15.9 Å². The van der Waals surface area contributed by atoms with Crippen molar-refractivity contribution in [2.24, 2.45) is 5.92 Å². The first kappa shape index (κ1) is 12.2. The maximum atomic E-state index is 10.3. The smallest absolute Gasteiger partial charge is 0.0841 e. The molecule has 1 aliphatic rings. The summed E-state index contributed by atoms with van der Waals surface area (Å²) in [7, 11) is 0. The Balaban J connectivity index is 1.94. The molecule has 2 aromatic rings. The molecule has 0 aromatic heterocycles. The van der Waals surface area contributed by atoms with Gasteiger partial charge in [-0.15, -0.1) is 0 Å². The van der Waals surface area contributed by atoms with Crippen LogP contribution < -0.4 is 0 Å². The quantitative estimate of drug-likeness (QED) is 0.917. The molecular formula is C15H15BrO2. The molecule has 94 valence electrons. The average molecular weight is 307 g/mol. The van der Waals surface area contributed by atoms with Gasteiger partial charge in [-0.3, -0.25) is 0 Å². The van der Waals surface area contributed by atoms with E-state index in [-0.39, 0.29) is 5.92 Å². The Kier molecular flexibility index (Phi) is 3.37. The van der Waals surface area contributed by atoms with Crippen LogP contribution in [0.4, 0.5) is 0 Å². The molecule has 2 nitrogen and oxygen atoms in total. The van der Waals surface area contributed by atoms with Crippen LogP contribution in [0.25, 0.3) is 10.8 Å². The Bertz CT molecular complexity index is 561. The van der Waals surface area contributed by atoms with Gasteiger partial charge in [-0.05, 0) is 41.0 Å². The zero-order valence-electron chi connectivity index (χ0n) is 9.97. The van der Waals surface area contributed by atoms with Gasteiger partial charge in [0, 0.05) is 17.0 Å². The molecule has 3 rings (SSSR count). The van der Waals surface area contributed by atoms with E-state index in [0.29, 0.717) is 6.61 Å². The van der Waals surface area contributed by atoms with E-state index >= 15 is 0 Å². The minimum Gasteiger partial charge on any atom is -0.388 e. The molecular weight excluding hydrogens is 292 g/mol. The molecule has 2 aromatic carbocycles. The van der Waals surface area contributed by atoms with Crippen LogP contribution in [0.5, 0.6) is 0 Å². The van der Waals surface area contributed by atoms with Crippen LogP contribution in [0, 0.1) is 5.92 Å². The maximum absolute atomic E-state index is 10.3. The van der Waals surface area contributed by atoms with Gasteiger partial charge < -0.3 is 9.84 Å². The van der Waals surface area contributed by atoms with Crippen molar-refractivity contribution in [1.29, 1.82) is 0 Å². The van der Waals surface area contributed by atoms with Gasteiger partial charge in [0.15, 0.2) is 0 Å². The summed E-state index contributed by atoms with van der Waals surface area (Å²) in [5.74, 6) is 0.234. The van der Waals surface area contributed by atoms with Gasteiger partial charge in [0.2, 0.25) is 0 Å². The van der Waals surface area contributed by atoms with Crippen molar-refractivity contribution in [2.45, 2.75) is 12.5 Å². The molecule has 0 amide bonds. The summed E-state index contributed by atoms with van der Waals surface area (Å²) in [5, 5.41) is 12.7. The lowest BCUT2D eigenvalue weighted by atomic mass is 9.93. The monoisotopic (exact) mass is 306 g/mol. The zero-order chi connectivity index (χ0) is 12.5. The third-order valence-electron chi connectivity index (χ3n) is 3.58. The molecule has 0 aliphatic carbocycles. The van der Waals surface area contributed by atoms with Crippen LogP contribution in [0.1, 0.15) is 18.1 Å². The summed E-state index contributed by atoms with van der Waals surface area (Å²) in [5.41, 5.74) is 0.986. The third kappa shape index (κ3) is 2.30. The van der Waals surface area contributed by atoms with Crippen LogP contribution in [0.3, 0.4) is 0 Å². The largest absolute Gasteiger partial charge is 0.388 e. The highest BCUT2D eigenvalue weighted by Gasteiger charge is 2.25. The molecule has 0 saturated carbocycles. The van der Waals surface area contributed by atoms with Gasteiger partial charge in [-0.1, -0.05) is 34.1 Å². The third-order valence-corrected chi connectivity index (χ3v) is 4.07. The highest BCUT2D eigenvalue weighted by atomic mass is 79.9. The number of hydrogen-bond acceptors (Lipinski definition) is 2. The summed E-state index contributed by atoms with van der Waals surface area (Å²) in [6.45, 7) is 1.43. The lowest BCUT2D eigenvalue weighted by Crippen LogP contribution is -2.12. The Labute approximate surface area is 115 Å². The van der Waals surface area contributed by atoms with Gasteiger partial charge in [-0.2, -0.15) is 0 Å². The van der Waals surface area contributed by atoms with E-state index < -0.39 is 6.10 Å². The normalized spacial score (nSPS) is 21.3. The zero-order valence-corrected chi connectivity index (χ0v) is 11.6. The highest BCUT2D eigenvalue weighted by Crippen LogP contribution is 2.31. The molecule has 0 bridgehead atoms.